The molecule has 0 spiro atoms. The van der Waals surface area contributed by atoms with Crippen molar-refractivity contribution < 1.29 is 29.1 Å². The van der Waals surface area contributed by atoms with E-state index in [4.69, 9.17) is 31.5 Å². The van der Waals surface area contributed by atoms with E-state index >= 15 is 0 Å². The van der Waals surface area contributed by atoms with Gasteiger partial charge in [-0.1, -0.05) is 11.4 Å². The number of aryl methyl sites for hydroxylation is 1. The van der Waals surface area contributed by atoms with Crippen LogP contribution in [0.3, 0.4) is 0 Å². The Hall–Kier alpha value is -2.21. The summed E-state index contributed by atoms with van der Waals surface area (Å²) in [6, 6.07) is 0. The smallest absolute Gasteiger partial charge is 0.330 e. The van der Waals surface area contributed by atoms with Crippen molar-refractivity contribution in [3.8, 4) is 0 Å². The fourth-order valence-electron chi connectivity index (χ4n) is 4.43. The lowest BCUT2D eigenvalue weighted by Gasteiger charge is -2.24. The number of hydrogen-bond acceptors (Lipinski definition) is 13. The predicted octanol–water partition coefficient (Wildman–Crippen LogP) is -0.469. The monoisotopic (exact) mass is 587 g/mol. The highest BCUT2D eigenvalue weighted by Crippen LogP contribution is 2.59. The molecule has 0 bridgehead atoms. The third kappa shape index (κ3) is 5.43. The number of aromatic nitrogens is 6. The molecular weight excluding hydrogens is 561 g/mol. The zero-order valence-corrected chi connectivity index (χ0v) is 22.5. The fraction of sp³-hybridized carbons (Fsp3) is 0.550. The summed E-state index contributed by atoms with van der Waals surface area (Å²) in [5, 5.41) is 20.3. The van der Waals surface area contributed by atoms with Crippen molar-refractivity contribution in [2.24, 2.45) is 0 Å². The minimum atomic E-state index is -3.46. The Morgan fingerprint density at radius 2 is 1.97 bits per heavy atom. The van der Waals surface area contributed by atoms with Crippen LogP contribution in [0.2, 0.25) is 0 Å². The van der Waals surface area contributed by atoms with Gasteiger partial charge in [-0.2, -0.15) is 0 Å². The van der Waals surface area contributed by atoms with Gasteiger partial charge in [-0.3, -0.25) is 18.9 Å². The van der Waals surface area contributed by atoms with Crippen molar-refractivity contribution in [3.63, 3.8) is 0 Å². The number of rotatable bonds is 8. The third-order valence-corrected chi connectivity index (χ3v) is 10.6. The van der Waals surface area contributed by atoms with Crippen molar-refractivity contribution in [2.75, 3.05) is 18.1 Å². The van der Waals surface area contributed by atoms with Gasteiger partial charge in [0.1, 0.15) is 30.4 Å². The average molecular weight is 588 g/mol. The molecule has 0 saturated carbocycles. The zero-order valence-electron chi connectivity index (χ0n) is 20.0. The standard InChI is InChI=1S/C20H26N7O8PS2/c1-9-4-26(20(31)25-19(9)30)14-2-10(29)13(34-14)6-38-36(32,37)35-11-3-15(33-12(11)5-28)27-8-24-16-17(21)22-7-23-18(16)27/h4,7-8,10-15,28-29H,2-3,5-6H2,1H3,(H,32,37)(H2,21,22,23)(H,25,30,31)/t10-,11-,12+,13+,14+,15+,36?/m0/s1. The van der Waals surface area contributed by atoms with E-state index in [2.05, 4.69) is 19.9 Å². The fourth-order valence-corrected chi connectivity index (χ4v) is 8.09. The Morgan fingerprint density at radius 3 is 2.74 bits per heavy atom. The first-order valence-corrected chi connectivity index (χ1v) is 15.8. The maximum absolute atomic E-state index is 12.2. The molecule has 15 nitrogen and oxygen atoms in total. The van der Waals surface area contributed by atoms with Gasteiger partial charge in [-0.05, 0) is 18.7 Å². The lowest BCUT2D eigenvalue weighted by Crippen LogP contribution is -2.33. The number of nitrogen functional groups attached to an aromatic ring is 1. The Kier molecular flexibility index (Phi) is 7.74. The normalized spacial score (nSPS) is 29.2. The van der Waals surface area contributed by atoms with Crippen molar-refractivity contribution in [2.45, 2.75) is 56.6 Å². The van der Waals surface area contributed by atoms with Gasteiger partial charge in [0.05, 0.1) is 31.2 Å². The van der Waals surface area contributed by atoms with E-state index in [9.17, 15) is 24.7 Å². The molecule has 2 aliphatic heterocycles. The van der Waals surface area contributed by atoms with E-state index in [1.165, 1.54) is 23.4 Å². The summed E-state index contributed by atoms with van der Waals surface area (Å²) in [5.74, 6) is 0.311. The van der Waals surface area contributed by atoms with Gasteiger partial charge in [-0.25, -0.2) is 19.7 Å². The van der Waals surface area contributed by atoms with Crippen LogP contribution in [0.1, 0.15) is 30.9 Å². The lowest BCUT2D eigenvalue weighted by molar-refractivity contribution is -0.0387. The molecule has 18 heteroatoms. The number of imidazole rings is 1. The summed E-state index contributed by atoms with van der Waals surface area (Å²) < 4.78 is 20.5. The quantitative estimate of drug-likeness (QED) is 0.211. The highest BCUT2D eigenvalue weighted by molar-refractivity contribution is 8.67. The van der Waals surface area contributed by atoms with Crippen molar-refractivity contribution in [1.82, 2.24) is 29.1 Å². The Morgan fingerprint density at radius 1 is 1.24 bits per heavy atom. The summed E-state index contributed by atoms with van der Waals surface area (Å²) in [6.07, 6.45) is -0.00384. The topological polar surface area (TPSA) is 213 Å². The zero-order chi connectivity index (χ0) is 27.2. The summed E-state index contributed by atoms with van der Waals surface area (Å²) in [4.78, 5) is 49.3. The van der Waals surface area contributed by atoms with E-state index < -0.39 is 53.8 Å². The maximum atomic E-state index is 12.2. The molecule has 0 aromatic carbocycles. The number of ether oxygens (including phenoxy) is 2. The van der Waals surface area contributed by atoms with E-state index in [-0.39, 0.29) is 31.0 Å². The van der Waals surface area contributed by atoms with Crippen molar-refractivity contribution in [1.29, 1.82) is 0 Å². The Labute approximate surface area is 223 Å². The molecule has 7 atom stereocenters. The van der Waals surface area contributed by atoms with Crippen LogP contribution in [0.5, 0.6) is 0 Å². The van der Waals surface area contributed by atoms with Gasteiger partial charge in [0, 0.05) is 30.4 Å². The van der Waals surface area contributed by atoms with Crippen LogP contribution in [-0.4, -0.2) is 81.0 Å². The van der Waals surface area contributed by atoms with Gasteiger partial charge in [0.25, 0.3) is 5.56 Å². The molecule has 38 heavy (non-hydrogen) atoms. The number of H-pyrrole nitrogens is 1. The number of nitrogens with zero attached hydrogens (tertiary/aromatic N) is 5. The van der Waals surface area contributed by atoms with Crippen LogP contribution in [0, 0.1) is 6.92 Å². The lowest BCUT2D eigenvalue weighted by atomic mass is 10.2. The molecule has 2 fully saturated rings. The number of hydrogen-bond donors (Lipinski definition) is 5. The molecule has 3 aromatic heterocycles. The third-order valence-electron chi connectivity index (χ3n) is 6.39. The van der Waals surface area contributed by atoms with Crippen LogP contribution in [-0.2, 0) is 25.8 Å². The molecule has 6 N–H and O–H groups in total. The van der Waals surface area contributed by atoms with E-state index in [1.54, 1.807) is 11.5 Å². The number of aliphatic hydroxyl groups is 2. The van der Waals surface area contributed by atoms with Crippen molar-refractivity contribution in [3.05, 3.63) is 45.3 Å². The molecule has 5 heterocycles. The Balaban J connectivity index is 1.22. The maximum Gasteiger partial charge on any atom is 0.330 e. The molecule has 5 rings (SSSR count). The summed E-state index contributed by atoms with van der Waals surface area (Å²) in [5.41, 5.74) is 2.45. The summed E-state index contributed by atoms with van der Waals surface area (Å²) >= 11 is 6.27. The number of nitrogens with two attached hydrogens (primary N) is 1. The van der Waals surface area contributed by atoms with Crippen LogP contribution >= 0.6 is 17.1 Å². The first kappa shape index (κ1) is 27.4. The van der Waals surface area contributed by atoms with E-state index in [0.29, 0.717) is 16.7 Å². The van der Waals surface area contributed by atoms with Gasteiger partial charge in [0.2, 0.25) is 5.69 Å². The highest BCUT2D eigenvalue weighted by Gasteiger charge is 2.41. The highest BCUT2D eigenvalue weighted by atomic mass is 32.9. The van der Waals surface area contributed by atoms with Crippen LogP contribution in [0.4, 0.5) is 5.82 Å². The summed E-state index contributed by atoms with van der Waals surface area (Å²) in [6.45, 7) is 1.19. The van der Waals surface area contributed by atoms with Gasteiger partial charge >= 0.3 is 5.69 Å². The molecule has 0 aliphatic carbocycles. The first-order valence-electron chi connectivity index (χ1n) is 11.6. The second-order valence-corrected chi connectivity index (χ2v) is 15.1. The SMILES string of the molecule is Cc1cn([C@H]2C[C@H](O)[C@@H](CSP(O)(=S)O[C@H]3C[C@H](n4cnc5c(N)ncnc54)O[C@@H]3CO)O2)c(=O)[nH]c1=O. The number of fused-ring (bicyclic) bond motifs is 1. The van der Waals surface area contributed by atoms with Gasteiger partial charge in [-0.15, -0.1) is 0 Å². The Bertz CT molecular complexity index is 1500. The molecule has 1 unspecified atom stereocenters. The number of nitrogens with one attached hydrogen (secondary N) is 1. The van der Waals surface area contributed by atoms with Gasteiger partial charge in [0.15, 0.2) is 11.5 Å². The van der Waals surface area contributed by atoms with E-state index in [1.807, 2.05) is 0 Å². The predicted molar refractivity (Wildman–Crippen MR) is 140 cm³/mol. The molecule has 0 radical (unpaired) electrons. The number of anilines is 1. The van der Waals surface area contributed by atoms with Gasteiger partial charge < -0.3 is 34.8 Å². The van der Waals surface area contributed by atoms with Crippen LogP contribution < -0.4 is 17.0 Å². The molecule has 3 aromatic rings. The summed E-state index contributed by atoms with van der Waals surface area (Å²) in [7, 11) is 0. The minimum Gasteiger partial charge on any atom is -0.394 e. The van der Waals surface area contributed by atoms with E-state index in [0.717, 1.165) is 11.4 Å². The second kappa shape index (κ2) is 10.7. The molecule has 206 valence electrons. The average Bonchev–Trinajstić information content (AvgIpc) is 3.57. The first-order chi connectivity index (χ1) is 18.1. The minimum absolute atomic E-state index is 0.0890. The van der Waals surface area contributed by atoms with Crippen molar-refractivity contribution >= 4 is 45.9 Å². The second-order valence-electron chi connectivity index (χ2n) is 8.95. The van der Waals surface area contributed by atoms with Crippen LogP contribution in [0.15, 0.2) is 28.4 Å². The largest absolute Gasteiger partial charge is 0.394 e. The number of aromatic amines is 1. The molecule has 0 amide bonds. The molecule has 2 aliphatic rings. The van der Waals surface area contributed by atoms with Crippen LogP contribution in [0.25, 0.3) is 11.2 Å². The molecule has 2 saturated heterocycles. The number of aliphatic hydroxyl groups excluding tert-OH is 2. The molecular formula is C20H26N7O8PS2.